The molecule has 0 bridgehead atoms. The Kier molecular flexibility index (Phi) is 5.01. The van der Waals surface area contributed by atoms with E-state index < -0.39 is 12.2 Å². The van der Waals surface area contributed by atoms with Gasteiger partial charge in [0.05, 0.1) is 12.0 Å². The predicted molar refractivity (Wildman–Crippen MR) is 73.3 cm³/mol. The molecule has 19 heavy (non-hydrogen) atoms. The SMILES string of the molecule is CCCCCCC(O)C#CC1C(O)CC2C(=O)CC21. The fourth-order valence-electron chi connectivity index (χ4n) is 3.21. The van der Waals surface area contributed by atoms with Crippen LogP contribution in [0.15, 0.2) is 0 Å². The zero-order chi connectivity index (χ0) is 13.8. The van der Waals surface area contributed by atoms with Crippen molar-refractivity contribution >= 4 is 5.78 Å². The van der Waals surface area contributed by atoms with Crippen LogP contribution in [0, 0.1) is 29.6 Å². The van der Waals surface area contributed by atoms with E-state index in [4.69, 9.17) is 0 Å². The number of carbonyl (C=O) groups is 1. The van der Waals surface area contributed by atoms with Gasteiger partial charge in [0.15, 0.2) is 0 Å². The van der Waals surface area contributed by atoms with E-state index in [2.05, 4.69) is 18.8 Å². The van der Waals surface area contributed by atoms with E-state index in [9.17, 15) is 15.0 Å². The van der Waals surface area contributed by atoms with Crippen molar-refractivity contribution in [2.75, 3.05) is 0 Å². The number of aliphatic hydroxyl groups excluding tert-OH is 2. The minimum atomic E-state index is -0.584. The molecule has 0 aromatic rings. The van der Waals surface area contributed by atoms with Crippen LogP contribution in [0.4, 0.5) is 0 Å². The zero-order valence-electron chi connectivity index (χ0n) is 11.6. The van der Waals surface area contributed by atoms with Crippen LogP contribution < -0.4 is 0 Å². The highest BCUT2D eigenvalue weighted by molar-refractivity contribution is 5.88. The van der Waals surface area contributed by atoms with Gasteiger partial charge in [-0.15, -0.1) is 0 Å². The Morgan fingerprint density at radius 3 is 2.79 bits per heavy atom. The summed E-state index contributed by atoms with van der Waals surface area (Å²) < 4.78 is 0. The Labute approximate surface area is 115 Å². The van der Waals surface area contributed by atoms with Crippen LogP contribution in [0.3, 0.4) is 0 Å². The van der Waals surface area contributed by atoms with Gasteiger partial charge in [-0.3, -0.25) is 4.79 Å². The number of hydrogen-bond acceptors (Lipinski definition) is 3. The van der Waals surface area contributed by atoms with Crippen molar-refractivity contribution in [3.63, 3.8) is 0 Å². The lowest BCUT2D eigenvalue weighted by atomic mass is 9.71. The fraction of sp³-hybridized carbons (Fsp3) is 0.812. The summed E-state index contributed by atoms with van der Waals surface area (Å²) in [4.78, 5) is 11.3. The maximum atomic E-state index is 11.3. The Hall–Kier alpha value is -0.850. The maximum absolute atomic E-state index is 11.3. The second-order valence-electron chi connectivity index (χ2n) is 5.92. The minimum absolute atomic E-state index is 0.0380. The number of unbranched alkanes of at least 4 members (excludes halogenated alkanes) is 3. The van der Waals surface area contributed by atoms with Crippen LogP contribution in [0.25, 0.3) is 0 Å². The van der Waals surface area contributed by atoms with Gasteiger partial charge in [-0.2, -0.15) is 0 Å². The highest BCUT2D eigenvalue weighted by Crippen LogP contribution is 2.47. The second-order valence-corrected chi connectivity index (χ2v) is 5.92. The van der Waals surface area contributed by atoms with Crippen LogP contribution >= 0.6 is 0 Å². The number of hydrogen-bond donors (Lipinski definition) is 2. The van der Waals surface area contributed by atoms with Gasteiger partial charge in [-0.05, 0) is 25.2 Å². The van der Waals surface area contributed by atoms with Crippen LogP contribution in [0.2, 0.25) is 0 Å². The topological polar surface area (TPSA) is 57.5 Å². The van der Waals surface area contributed by atoms with Crippen molar-refractivity contribution in [1.82, 2.24) is 0 Å². The van der Waals surface area contributed by atoms with Gasteiger partial charge in [0, 0.05) is 12.3 Å². The first kappa shape index (κ1) is 14.6. The molecule has 0 amide bonds. The molecule has 2 aliphatic carbocycles. The van der Waals surface area contributed by atoms with Crippen molar-refractivity contribution in [1.29, 1.82) is 0 Å². The van der Waals surface area contributed by atoms with E-state index in [-0.39, 0.29) is 23.5 Å². The first-order chi connectivity index (χ1) is 9.13. The number of aliphatic hydroxyl groups is 2. The lowest BCUT2D eigenvalue weighted by molar-refractivity contribution is -0.133. The van der Waals surface area contributed by atoms with E-state index in [0.29, 0.717) is 19.3 Å². The molecule has 2 N–H and O–H groups in total. The summed E-state index contributed by atoms with van der Waals surface area (Å²) in [5, 5.41) is 19.7. The standard InChI is InChI=1S/C16H24O3/c1-2-3-4-5-6-11(17)7-8-12-13-9-16(19)14(13)10-15(12)18/h11-15,17-18H,2-6,9-10H2,1H3. The Morgan fingerprint density at radius 2 is 2.16 bits per heavy atom. The molecular weight excluding hydrogens is 240 g/mol. The lowest BCUT2D eigenvalue weighted by Gasteiger charge is -2.30. The molecule has 2 aliphatic rings. The van der Waals surface area contributed by atoms with Gasteiger partial charge >= 0.3 is 0 Å². The quantitative estimate of drug-likeness (QED) is 0.589. The van der Waals surface area contributed by atoms with Crippen LogP contribution in [-0.4, -0.2) is 28.2 Å². The third-order valence-corrected chi connectivity index (χ3v) is 4.49. The molecule has 0 heterocycles. The van der Waals surface area contributed by atoms with E-state index in [1.165, 1.54) is 12.8 Å². The van der Waals surface area contributed by atoms with Crippen molar-refractivity contribution < 1.29 is 15.0 Å². The highest BCUT2D eigenvalue weighted by Gasteiger charge is 2.52. The van der Waals surface area contributed by atoms with Crippen LogP contribution in [0.1, 0.15) is 51.9 Å². The van der Waals surface area contributed by atoms with Gasteiger partial charge in [-0.25, -0.2) is 0 Å². The minimum Gasteiger partial charge on any atom is -0.392 e. The fourth-order valence-corrected chi connectivity index (χ4v) is 3.21. The molecular formula is C16H24O3. The van der Waals surface area contributed by atoms with Gasteiger partial charge in [0.1, 0.15) is 11.9 Å². The summed E-state index contributed by atoms with van der Waals surface area (Å²) in [5.41, 5.74) is 0. The maximum Gasteiger partial charge on any atom is 0.136 e. The summed E-state index contributed by atoms with van der Waals surface area (Å²) in [6.07, 6.45) is 5.30. The average Bonchev–Trinajstić information content (AvgIpc) is 2.64. The summed E-state index contributed by atoms with van der Waals surface area (Å²) in [6, 6.07) is 0. The highest BCUT2D eigenvalue weighted by atomic mass is 16.3. The molecule has 5 unspecified atom stereocenters. The first-order valence-corrected chi connectivity index (χ1v) is 7.53. The molecule has 0 radical (unpaired) electrons. The van der Waals surface area contributed by atoms with Gasteiger partial charge in [0.2, 0.25) is 0 Å². The first-order valence-electron chi connectivity index (χ1n) is 7.53. The normalized spacial score (nSPS) is 34.2. The van der Waals surface area contributed by atoms with E-state index in [1.807, 2.05) is 0 Å². The Bertz CT molecular complexity index is 379. The third kappa shape index (κ3) is 3.38. The largest absolute Gasteiger partial charge is 0.392 e. The number of rotatable bonds is 5. The molecule has 2 rings (SSSR count). The van der Waals surface area contributed by atoms with Gasteiger partial charge in [-0.1, -0.05) is 38.0 Å². The number of Topliss-reactive ketones (excluding diaryl/α,β-unsaturated/α-hetero) is 1. The number of fused-ring (bicyclic) bond motifs is 1. The van der Waals surface area contributed by atoms with Crippen molar-refractivity contribution in [3.05, 3.63) is 0 Å². The molecule has 5 atom stereocenters. The average molecular weight is 264 g/mol. The summed E-state index contributed by atoms with van der Waals surface area (Å²) in [5.74, 6) is 6.33. The lowest BCUT2D eigenvalue weighted by Crippen LogP contribution is -2.35. The molecule has 0 aromatic heterocycles. The summed E-state index contributed by atoms with van der Waals surface area (Å²) >= 11 is 0. The second kappa shape index (κ2) is 6.54. The molecule has 3 nitrogen and oxygen atoms in total. The predicted octanol–water partition coefficient (Wildman–Crippen LogP) is 1.91. The molecule has 0 saturated heterocycles. The molecule has 0 spiro atoms. The van der Waals surface area contributed by atoms with E-state index in [0.717, 1.165) is 12.8 Å². The molecule has 0 aromatic carbocycles. The number of carbonyl (C=O) groups excluding carboxylic acids is 1. The summed E-state index contributed by atoms with van der Waals surface area (Å²) in [6.45, 7) is 2.16. The molecule has 3 heteroatoms. The molecule has 0 aliphatic heterocycles. The summed E-state index contributed by atoms with van der Waals surface area (Å²) in [7, 11) is 0. The van der Waals surface area contributed by atoms with Gasteiger partial charge in [0.25, 0.3) is 0 Å². The van der Waals surface area contributed by atoms with Crippen molar-refractivity contribution in [2.24, 2.45) is 17.8 Å². The Morgan fingerprint density at radius 1 is 1.37 bits per heavy atom. The smallest absolute Gasteiger partial charge is 0.136 e. The van der Waals surface area contributed by atoms with Gasteiger partial charge < -0.3 is 10.2 Å². The van der Waals surface area contributed by atoms with Crippen molar-refractivity contribution in [3.8, 4) is 11.8 Å². The van der Waals surface area contributed by atoms with Crippen LogP contribution in [0.5, 0.6) is 0 Å². The van der Waals surface area contributed by atoms with E-state index in [1.54, 1.807) is 0 Å². The monoisotopic (exact) mass is 264 g/mol. The Balaban J connectivity index is 1.78. The van der Waals surface area contributed by atoms with Crippen molar-refractivity contribution in [2.45, 2.75) is 64.1 Å². The van der Waals surface area contributed by atoms with Crippen LogP contribution in [-0.2, 0) is 4.79 Å². The zero-order valence-corrected chi connectivity index (χ0v) is 11.6. The number of ketones is 1. The molecule has 2 saturated carbocycles. The third-order valence-electron chi connectivity index (χ3n) is 4.49. The molecule has 106 valence electrons. The van der Waals surface area contributed by atoms with E-state index >= 15 is 0 Å². The molecule has 2 fully saturated rings.